The fourth-order valence-corrected chi connectivity index (χ4v) is 2.27. The number of nitrogens with one attached hydrogen (secondary N) is 1. The average Bonchev–Trinajstić information content (AvgIpc) is 2.62. The van der Waals surface area contributed by atoms with Crippen LogP contribution in [0.2, 0.25) is 0 Å². The highest BCUT2D eigenvalue weighted by atomic mass is 19.2. The zero-order chi connectivity index (χ0) is 17.1. The Morgan fingerprint density at radius 1 is 1.21 bits per heavy atom. The molecule has 7 heteroatoms. The maximum atomic E-state index is 14.1. The van der Waals surface area contributed by atoms with E-state index in [-0.39, 0.29) is 17.9 Å². The Kier molecular flexibility index (Phi) is 4.20. The van der Waals surface area contributed by atoms with Crippen LogP contribution in [0.1, 0.15) is 11.1 Å². The van der Waals surface area contributed by atoms with Crippen molar-refractivity contribution in [3.63, 3.8) is 0 Å². The average molecular weight is 326 g/mol. The number of anilines is 1. The Labute approximate surface area is 136 Å². The summed E-state index contributed by atoms with van der Waals surface area (Å²) in [5.74, 6) is -1.90. The summed E-state index contributed by atoms with van der Waals surface area (Å²) in [6, 6.07) is 10.2. The molecular formula is C17H12F2N4O. The van der Waals surface area contributed by atoms with Crippen molar-refractivity contribution in [2.45, 2.75) is 6.54 Å². The zero-order valence-corrected chi connectivity index (χ0v) is 12.7. The lowest BCUT2D eigenvalue weighted by atomic mass is 10.1. The van der Waals surface area contributed by atoms with Crippen LogP contribution in [0.3, 0.4) is 0 Å². The van der Waals surface area contributed by atoms with Gasteiger partial charge in [0.25, 0.3) is 0 Å². The van der Waals surface area contributed by atoms with Crippen molar-refractivity contribution in [2.24, 2.45) is 0 Å². The molecule has 0 aliphatic heterocycles. The first-order valence-corrected chi connectivity index (χ1v) is 7.04. The number of hydrogen-bond donors (Lipinski definition) is 1. The van der Waals surface area contributed by atoms with E-state index in [1.165, 1.54) is 19.4 Å². The molecule has 1 aromatic heterocycles. The Morgan fingerprint density at radius 3 is 2.67 bits per heavy atom. The third kappa shape index (κ3) is 2.82. The fourth-order valence-electron chi connectivity index (χ4n) is 2.27. The van der Waals surface area contributed by atoms with Crippen molar-refractivity contribution in [2.75, 3.05) is 12.4 Å². The van der Waals surface area contributed by atoms with Gasteiger partial charge in [-0.25, -0.2) is 13.8 Å². The van der Waals surface area contributed by atoms with Crippen molar-refractivity contribution in [1.82, 2.24) is 9.97 Å². The summed E-state index contributed by atoms with van der Waals surface area (Å²) >= 11 is 0. The van der Waals surface area contributed by atoms with Gasteiger partial charge in [0.15, 0.2) is 11.6 Å². The first kappa shape index (κ1) is 15.6. The van der Waals surface area contributed by atoms with Crippen LogP contribution in [0.5, 0.6) is 5.75 Å². The van der Waals surface area contributed by atoms with Crippen LogP contribution in [0.4, 0.5) is 14.6 Å². The molecule has 0 fully saturated rings. The van der Waals surface area contributed by atoms with Gasteiger partial charge in [0.1, 0.15) is 23.2 Å². The summed E-state index contributed by atoms with van der Waals surface area (Å²) in [7, 11) is 1.29. The topological polar surface area (TPSA) is 70.8 Å². The van der Waals surface area contributed by atoms with Crippen LogP contribution >= 0.6 is 0 Å². The summed E-state index contributed by atoms with van der Waals surface area (Å²) in [6.07, 6.45) is 1.51. The van der Waals surface area contributed by atoms with Crippen LogP contribution in [0.25, 0.3) is 11.0 Å². The number of halogens is 2. The van der Waals surface area contributed by atoms with Crippen LogP contribution < -0.4 is 10.1 Å². The lowest BCUT2D eigenvalue weighted by molar-refractivity contribution is 0.402. The Balaban J connectivity index is 1.88. The molecule has 3 rings (SSSR count). The predicted octanol–water partition coefficient (Wildman–Crippen LogP) is 3.40. The van der Waals surface area contributed by atoms with E-state index in [1.807, 2.05) is 18.2 Å². The molecule has 0 saturated heterocycles. The highest BCUT2D eigenvalue weighted by Gasteiger charge is 2.19. The van der Waals surface area contributed by atoms with E-state index in [2.05, 4.69) is 15.3 Å². The number of hydrogen-bond acceptors (Lipinski definition) is 5. The number of fused-ring (bicyclic) bond motifs is 1. The second kappa shape index (κ2) is 6.46. The molecule has 0 amide bonds. The largest absolute Gasteiger partial charge is 0.495 e. The minimum Gasteiger partial charge on any atom is -0.495 e. The number of ether oxygens (including phenoxy) is 1. The molecule has 24 heavy (non-hydrogen) atoms. The fraction of sp³-hybridized carbons (Fsp3) is 0.118. The molecule has 0 saturated carbocycles. The summed E-state index contributed by atoms with van der Waals surface area (Å²) in [5, 5.41) is 11.8. The van der Waals surface area contributed by atoms with E-state index in [0.717, 1.165) is 5.52 Å². The number of rotatable bonds is 4. The van der Waals surface area contributed by atoms with E-state index in [1.54, 1.807) is 12.1 Å². The van der Waals surface area contributed by atoms with Gasteiger partial charge in [-0.05, 0) is 18.2 Å². The van der Waals surface area contributed by atoms with Crippen molar-refractivity contribution in [3.05, 3.63) is 59.3 Å². The van der Waals surface area contributed by atoms with Gasteiger partial charge in [-0.1, -0.05) is 12.1 Å². The molecular weight excluding hydrogens is 314 g/mol. The lowest BCUT2D eigenvalue weighted by Crippen LogP contribution is -2.07. The summed E-state index contributed by atoms with van der Waals surface area (Å²) in [6.45, 7) is -0.0299. The molecule has 0 spiro atoms. The Morgan fingerprint density at radius 2 is 1.96 bits per heavy atom. The van der Waals surface area contributed by atoms with Gasteiger partial charge >= 0.3 is 0 Å². The number of para-hydroxylation sites is 2. The molecule has 120 valence electrons. The predicted molar refractivity (Wildman–Crippen MR) is 84.5 cm³/mol. The highest BCUT2D eigenvalue weighted by molar-refractivity contribution is 5.75. The molecule has 0 atom stereocenters. The van der Waals surface area contributed by atoms with Gasteiger partial charge in [-0.15, -0.1) is 0 Å². The zero-order valence-electron chi connectivity index (χ0n) is 12.7. The number of nitrogens with zero attached hydrogens (tertiary/aromatic N) is 3. The number of benzene rings is 2. The quantitative estimate of drug-likeness (QED) is 0.795. The van der Waals surface area contributed by atoms with Gasteiger partial charge in [0.2, 0.25) is 0 Å². The molecule has 0 unspecified atom stereocenters. The second-order valence-electron chi connectivity index (χ2n) is 4.95. The van der Waals surface area contributed by atoms with Gasteiger partial charge in [-0.2, -0.15) is 5.26 Å². The van der Waals surface area contributed by atoms with Gasteiger partial charge in [0, 0.05) is 12.1 Å². The van der Waals surface area contributed by atoms with Crippen molar-refractivity contribution in [3.8, 4) is 11.8 Å². The molecule has 0 aliphatic rings. The maximum absolute atomic E-state index is 14.1. The number of methoxy groups -OCH3 is 1. The molecule has 5 nitrogen and oxygen atoms in total. The minimum atomic E-state index is -1.22. The smallest absolute Gasteiger partial charge is 0.180 e. The van der Waals surface area contributed by atoms with Crippen molar-refractivity contribution < 1.29 is 13.5 Å². The van der Waals surface area contributed by atoms with Crippen LogP contribution in [0, 0.1) is 23.0 Å². The Hall–Kier alpha value is -3.27. The standard InChI is InChI=1S/C17H12F2N4O/c1-24-14-6-10(16(18)17(19)11(14)7-20)8-22-15-9-21-12-4-2-3-5-13(12)23-15/h2-6,9H,8H2,1H3,(H,22,23). The monoisotopic (exact) mass is 326 g/mol. The number of aromatic nitrogens is 2. The van der Waals surface area contributed by atoms with E-state index in [0.29, 0.717) is 11.3 Å². The third-order valence-corrected chi connectivity index (χ3v) is 3.49. The minimum absolute atomic E-state index is 0.0159. The highest BCUT2D eigenvalue weighted by Crippen LogP contribution is 2.26. The van der Waals surface area contributed by atoms with Gasteiger partial charge in [0.05, 0.1) is 24.3 Å². The molecule has 0 radical (unpaired) electrons. The van der Waals surface area contributed by atoms with E-state index in [4.69, 9.17) is 10.00 Å². The molecule has 0 bridgehead atoms. The van der Waals surface area contributed by atoms with Gasteiger partial charge in [-0.3, -0.25) is 4.98 Å². The van der Waals surface area contributed by atoms with Crippen molar-refractivity contribution >= 4 is 16.9 Å². The number of nitriles is 1. The maximum Gasteiger partial charge on any atom is 0.180 e. The van der Waals surface area contributed by atoms with Crippen molar-refractivity contribution in [1.29, 1.82) is 5.26 Å². The lowest BCUT2D eigenvalue weighted by Gasteiger charge is -2.11. The first-order valence-electron chi connectivity index (χ1n) is 7.04. The Bertz CT molecular complexity index is 953. The van der Waals surface area contributed by atoms with E-state index >= 15 is 0 Å². The normalized spacial score (nSPS) is 10.4. The van der Waals surface area contributed by atoms with Gasteiger partial charge < -0.3 is 10.1 Å². The van der Waals surface area contributed by atoms with E-state index < -0.39 is 17.2 Å². The second-order valence-corrected chi connectivity index (χ2v) is 4.95. The summed E-state index contributed by atoms with van der Waals surface area (Å²) < 4.78 is 32.9. The van der Waals surface area contributed by atoms with Crippen LogP contribution in [-0.2, 0) is 6.54 Å². The molecule has 0 aliphatic carbocycles. The first-order chi connectivity index (χ1) is 11.6. The summed E-state index contributed by atoms with van der Waals surface area (Å²) in [5.41, 5.74) is 0.995. The third-order valence-electron chi connectivity index (χ3n) is 3.49. The molecule has 1 N–H and O–H groups in total. The van der Waals surface area contributed by atoms with Crippen LogP contribution in [-0.4, -0.2) is 17.1 Å². The molecule has 1 heterocycles. The van der Waals surface area contributed by atoms with Crippen LogP contribution in [0.15, 0.2) is 36.5 Å². The van der Waals surface area contributed by atoms with E-state index in [9.17, 15) is 8.78 Å². The SMILES string of the molecule is COc1cc(CNc2cnc3ccccc3n2)c(F)c(F)c1C#N. The molecule has 2 aromatic carbocycles. The molecule has 3 aromatic rings. The summed E-state index contributed by atoms with van der Waals surface area (Å²) in [4.78, 5) is 8.58.